The molecule has 4 rings (SSSR count). The van der Waals surface area contributed by atoms with Gasteiger partial charge in [0.25, 0.3) is 0 Å². The van der Waals surface area contributed by atoms with Gasteiger partial charge in [-0.1, -0.05) is 78.9 Å². The number of rotatable bonds is 11. The van der Waals surface area contributed by atoms with Crippen molar-refractivity contribution in [2.45, 2.75) is 57.1 Å². The average molecular weight is 451 g/mol. The van der Waals surface area contributed by atoms with Crippen LogP contribution in [0.4, 0.5) is 0 Å². The maximum Gasteiger partial charge on any atom is 0.189 e. The molecule has 1 heterocycles. The zero-order valence-corrected chi connectivity index (χ0v) is 19.5. The minimum absolute atomic E-state index is 0.312. The Bertz CT molecular complexity index is 910. The summed E-state index contributed by atoms with van der Waals surface area (Å²) in [4.78, 5) is 0. The summed E-state index contributed by atoms with van der Waals surface area (Å²) in [7, 11) is 1.65. The smallest absolute Gasteiger partial charge is 0.189 e. The molecule has 0 bridgehead atoms. The van der Waals surface area contributed by atoms with Crippen LogP contribution in [-0.2, 0) is 36.9 Å². The number of methoxy groups -OCH3 is 1. The van der Waals surface area contributed by atoms with Crippen LogP contribution in [0.5, 0.6) is 0 Å². The molecule has 0 radical (unpaired) electrons. The van der Waals surface area contributed by atoms with Gasteiger partial charge in [-0.2, -0.15) is 0 Å². The van der Waals surface area contributed by atoms with Gasteiger partial charge in [0.2, 0.25) is 0 Å². The standard InChI is InChI=1S/C28H34O5/c1-28(32-20-24-16-10-5-11-17-24)26(31-19-23-14-8-4-9-15-23)25(33-27(28)29-2)21-30-18-22-12-6-3-7-13-22/h3-10,12-16,25-27H,11,17-21H2,1-2H3/t25-,26-,27?,28-/m1/s1. The molecule has 1 unspecified atom stereocenters. The van der Waals surface area contributed by atoms with Crippen molar-refractivity contribution in [3.05, 3.63) is 95.6 Å². The summed E-state index contributed by atoms with van der Waals surface area (Å²) in [5.41, 5.74) is 2.72. The van der Waals surface area contributed by atoms with Crippen molar-refractivity contribution in [2.24, 2.45) is 0 Å². The molecule has 5 nitrogen and oxygen atoms in total. The van der Waals surface area contributed by atoms with Gasteiger partial charge in [-0.3, -0.25) is 0 Å². The molecule has 2 aromatic rings. The number of allylic oxidation sites excluding steroid dienone is 3. The normalized spacial score (nSPS) is 27.0. The van der Waals surface area contributed by atoms with Crippen LogP contribution < -0.4 is 0 Å². The Morgan fingerprint density at radius 3 is 2.27 bits per heavy atom. The Morgan fingerprint density at radius 1 is 0.939 bits per heavy atom. The van der Waals surface area contributed by atoms with Crippen LogP contribution in [0.2, 0.25) is 0 Å². The summed E-state index contributed by atoms with van der Waals surface area (Å²) in [5.74, 6) is 0. The van der Waals surface area contributed by atoms with E-state index in [0.29, 0.717) is 26.4 Å². The van der Waals surface area contributed by atoms with E-state index in [4.69, 9.17) is 23.7 Å². The van der Waals surface area contributed by atoms with E-state index in [1.165, 1.54) is 5.57 Å². The lowest BCUT2D eigenvalue weighted by Crippen LogP contribution is -2.50. The molecule has 5 heteroatoms. The minimum atomic E-state index is -0.772. The number of benzene rings is 2. The van der Waals surface area contributed by atoms with E-state index in [1.807, 2.05) is 43.3 Å². The van der Waals surface area contributed by atoms with E-state index in [1.54, 1.807) is 7.11 Å². The van der Waals surface area contributed by atoms with Gasteiger partial charge >= 0.3 is 0 Å². The van der Waals surface area contributed by atoms with Gasteiger partial charge in [-0.25, -0.2) is 0 Å². The second kappa shape index (κ2) is 11.7. The Labute approximate surface area is 197 Å². The fraction of sp³-hybridized carbons (Fsp3) is 0.429. The quantitative estimate of drug-likeness (QED) is 0.470. The Hall–Kier alpha value is -2.28. The van der Waals surface area contributed by atoms with Crippen molar-refractivity contribution in [2.75, 3.05) is 20.3 Å². The molecule has 0 N–H and O–H groups in total. The van der Waals surface area contributed by atoms with Gasteiger partial charge in [0.1, 0.15) is 17.8 Å². The summed E-state index contributed by atoms with van der Waals surface area (Å²) in [6, 6.07) is 20.3. The molecule has 0 spiro atoms. The first kappa shape index (κ1) is 23.9. The molecule has 0 aromatic heterocycles. The third-order valence-electron chi connectivity index (χ3n) is 6.22. The molecule has 1 aliphatic heterocycles. The largest absolute Gasteiger partial charge is 0.374 e. The molecule has 1 aliphatic carbocycles. The van der Waals surface area contributed by atoms with Crippen LogP contribution in [0.1, 0.15) is 30.9 Å². The predicted octanol–water partition coefficient (Wildman–Crippen LogP) is 5.21. The summed E-state index contributed by atoms with van der Waals surface area (Å²) in [5, 5.41) is 0. The summed E-state index contributed by atoms with van der Waals surface area (Å²) >= 11 is 0. The molecular formula is C28H34O5. The van der Waals surface area contributed by atoms with E-state index >= 15 is 0 Å². The summed E-state index contributed by atoms with van der Waals surface area (Å²) in [6.45, 7) is 3.91. The molecular weight excluding hydrogens is 416 g/mol. The fourth-order valence-electron chi connectivity index (χ4n) is 4.36. The van der Waals surface area contributed by atoms with Gasteiger partial charge in [0.05, 0.1) is 26.4 Å². The fourth-order valence-corrected chi connectivity index (χ4v) is 4.36. The summed E-state index contributed by atoms with van der Waals surface area (Å²) < 4.78 is 31.0. The first-order valence-corrected chi connectivity index (χ1v) is 11.6. The maximum atomic E-state index is 6.50. The van der Waals surface area contributed by atoms with E-state index < -0.39 is 11.9 Å². The zero-order chi connectivity index (χ0) is 22.9. The maximum absolute atomic E-state index is 6.50. The topological polar surface area (TPSA) is 46.2 Å². The third kappa shape index (κ3) is 6.19. The SMILES string of the molecule is COC1O[C@H](COCc2ccccc2)[C@@H](OCc2ccccc2)[C@@]1(C)OCC1=CC=CCC1. The van der Waals surface area contributed by atoms with Crippen LogP contribution in [0.25, 0.3) is 0 Å². The molecule has 2 aliphatic rings. The van der Waals surface area contributed by atoms with Crippen molar-refractivity contribution < 1.29 is 23.7 Å². The van der Waals surface area contributed by atoms with E-state index in [-0.39, 0.29) is 12.2 Å². The van der Waals surface area contributed by atoms with Gasteiger partial charge < -0.3 is 23.7 Å². The van der Waals surface area contributed by atoms with Gasteiger partial charge in [-0.05, 0) is 36.5 Å². The van der Waals surface area contributed by atoms with Crippen molar-refractivity contribution in [1.29, 1.82) is 0 Å². The van der Waals surface area contributed by atoms with Crippen LogP contribution in [-0.4, -0.2) is 44.4 Å². The average Bonchev–Trinajstić information content (AvgIpc) is 3.14. The highest BCUT2D eigenvalue weighted by atomic mass is 16.7. The minimum Gasteiger partial charge on any atom is -0.374 e. The molecule has 33 heavy (non-hydrogen) atoms. The third-order valence-corrected chi connectivity index (χ3v) is 6.22. The van der Waals surface area contributed by atoms with E-state index in [2.05, 4.69) is 42.5 Å². The zero-order valence-electron chi connectivity index (χ0n) is 19.5. The Kier molecular flexibility index (Phi) is 8.48. The van der Waals surface area contributed by atoms with E-state index in [9.17, 15) is 0 Å². The number of hydrogen-bond donors (Lipinski definition) is 0. The molecule has 2 aromatic carbocycles. The lowest BCUT2D eigenvalue weighted by atomic mass is 9.96. The highest BCUT2D eigenvalue weighted by Gasteiger charge is 2.56. The lowest BCUT2D eigenvalue weighted by molar-refractivity contribution is -0.208. The first-order valence-electron chi connectivity index (χ1n) is 11.6. The van der Waals surface area contributed by atoms with Gasteiger partial charge in [-0.15, -0.1) is 0 Å². The van der Waals surface area contributed by atoms with Gasteiger partial charge in [0.15, 0.2) is 6.29 Å². The first-order chi connectivity index (χ1) is 16.2. The van der Waals surface area contributed by atoms with Crippen molar-refractivity contribution in [1.82, 2.24) is 0 Å². The Balaban J connectivity index is 1.46. The van der Waals surface area contributed by atoms with Crippen LogP contribution in [0.15, 0.2) is 84.5 Å². The highest BCUT2D eigenvalue weighted by molar-refractivity contribution is 5.18. The molecule has 4 atom stereocenters. The Morgan fingerprint density at radius 2 is 1.64 bits per heavy atom. The highest BCUT2D eigenvalue weighted by Crippen LogP contribution is 2.38. The van der Waals surface area contributed by atoms with Crippen molar-refractivity contribution in [3.8, 4) is 0 Å². The molecule has 0 amide bonds. The summed E-state index contributed by atoms with van der Waals surface area (Å²) in [6.07, 6.45) is 7.23. The predicted molar refractivity (Wildman–Crippen MR) is 128 cm³/mol. The number of ether oxygens (including phenoxy) is 5. The van der Waals surface area contributed by atoms with Crippen LogP contribution >= 0.6 is 0 Å². The second-order valence-corrected chi connectivity index (χ2v) is 8.72. The molecule has 176 valence electrons. The molecule has 1 saturated heterocycles. The van der Waals surface area contributed by atoms with E-state index in [0.717, 1.165) is 24.0 Å². The lowest BCUT2D eigenvalue weighted by Gasteiger charge is -2.35. The molecule has 0 saturated carbocycles. The second-order valence-electron chi connectivity index (χ2n) is 8.72. The molecule has 1 fully saturated rings. The van der Waals surface area contributed by atoms with Gasteiger partial charge in [0, 0.05) is 7.11 Å². The monoisotopic (exact) mass is 450 g/mol. The van der Waals surface area contributed by atoms with Crippen molar-refractivity contribution >= 4 is 0 Å². The number of hydrogen-bond acceptors (Lipinski definition) is 5. The van der Waals surface area contributed by atoms with Crippen LogP contribution in [0.3, 0.4) is 0 Å². The van der Waals surface area contributed by atoms with Crippen molar-refractivity contribution in [3.63, 3.8) is 0 Å². The van der Waals surface area contributed by atoms with Crippen LogP contribution in [0, 0.1) is 0 Å².